The smallest absolute Gasteiger partial charge is 0.283 e. The summed E-state index contributed by atoms with van der Waals surface area (Å²) in [5, 5.41) is 0.301. The summed E-state index contributed by atoms with van der Waals surface area (Å²) in [6.07, 6.45) is 2.07. The number of amidine groups is 1. The van der Waals surface area contributed by atoms with E-state index < -0.39 is 15.7 Å². The Hall–Kier alpha value is -2.98. The topological polar surface area (TPSA) is 87.1 Å². The third kappa shape index (κ3) is 5.33. The second kappa shape index (κ2) is 9.48. The van der Waals surface area contributed by atoms with Crippen molar-refractivity contribution in [3.63, 3.8) is 0 Å². The van der Waals surface area contributed by atoms with E-state index in [9.17, 15) is 22.4 Å². The van der Waals surface area contributed by atoms with E-state index >= 15 is 0 Å². The molecule has 172 valence electrons. The quantitative estimate of drug-likeness (QED) is 0.606. The van der Waals surface area contributed by atoms with Crippen molar-refractivity contribution in [3.05, 3.63) is 71.7 Å². The lowest BCUT2D eigenvalue weighted by molar-refractivity contribution is -0.128. The highest BCUT2D eigenvalue weighted by Gasteiger charge is 2.35. The number of rotatable bonds is 5. The van der Waals surface area contributed by atoms with Crippen LogP contribution in [0.15, 0.2) is 65.3 Å². The van der Waals surface area contributed by atoms with E-state index in [1.165, 1.54) is 34.1 Å². The lowest BCUT2D eigenvalue weighted by atomic mass is 10.2. The molecule has 0 spiro atoms. The molecule has 2 aliphatic rings. The van der Waals surface area contributed by atoms with Crippen LogP contribution in [0.3, 0.4) is 0 Å². The first-order valence-electron chi connectivity index (χ1n) is 10.3. The zero-order valence-electron chi connectivity index (χ0n) is 17.8. The molecule has 0 unspecified atom stereocenters. The number of amides is 2. The Kier molecular flexibility index (Phi) is 6.66. The van der Waals surface area contributed by atoms with Crippen LogP contribution in [0.25, 0.3) is 6.08 Å². The van der Waals surface area contributed by atoms with Crippen molar-refractivity contribution in [1.82, 2.24) is 4.90 Å². The van der Waals surface area contributed by atoms with Gasteiger partial charge < -0.3 is 4.90 Å². The zero-order chi connectivity index (χ0) is 23.6. The van der Waals surface area contributed by atoms with E-state index in [1.807, 2.05) is 30.3 Å². The molecule has 0 saturated carbocycles. The standard InChI is InChI=1S/C23H22FN3O4S2/c1-26(19-11-12-33(30,31)15-19)21(28)14-32-23-25-20(13-16-5-3-2-4-6-16)22(29)27(23)18-9-7-17(24)8-10-18/h2-10,13,19H,11-12,14-15H2,1H3/b20-13+/t19-/m0/s1. The van der Waals surface area contributed by atoms with Gasteiger partial charge in [0.1, 0.15) is 11.5 Å². The average molecular weight is 488 g/mol. The first-order valence-corrected chi connectivity index (χ1v) is 13.1. The van der Waals surface area contributed by atoms with Crippen molar-refractivity contribution < 1.29 is 22.4 Å². The van der Waals surface area contributed by atoms with E-state index in [-0.39, 0.29) is 40.8 Å². The van der Waals surface area contributed by atoms with Crippen LogP contribution < -0.4 is 4.90 Å². The molecule has 1 fully saturated rings. The van der Waals surface area contributed by atoms with Gasteiger partial charge in [-0.3, -0.25) is 14.5 Å². The second-order valence-corrected chi connectivity index (χ2v) is 11.0. The molecule has 0 aliphatic carbocycles. The Labute approximate surface area is 195 Å². The second-order valence-electron chi connectivity index (χ2n) is 7.80. The number of anilines is 1. The highest BCUT2D eigenvalue weighted by molar-refractivity contribution is 8.14. The van der Waals surface area contributed by atoms with Crippen LogP contribution in [0.5, 0.6) is 0 Å². The summed E-state index contributed by atoms with van der Waals surface area (Å²) in [5.41, 5.74) is 1.44. The maximum atomic E-state index is 13.4. The summed E-state index contributed by atoms with van der Waals surface area (Å²) in [6.45, 7) is 0. The van der Waals surface area contributed by atoms with Gasteiger partial charge in [0, 0.05) is 13.1 Å². The number of aliphatic imine (C=N–C) groups is 1. The fourth-order valence-corrected chi connectivity index (χ4v) is 6.34. The minimum atomic E-state index is -3.11. The van der Waals surface area contributed by atoms with Gasteiger partial charge >= 0.3 is 0 Å². The minimum absolute atomic E-state index is 0.0184. The summed E-state index contributed by atoms with van der Waals surface area (Å²) in [5.74, 6) is -1.04. The summed E-state index contributed by atoms with van der Waals surface area (Å²) in [6, 6.07) is 14.4. The number of sulfone groups is 1. The van der Waals surface area contributed by atoms with Gasteiger partial charge in [0.15, 0.2) is 15.0 Å². The van der Waals surface area contributed by atoms with Crippen LogP contribution >= 0.6 is 11.8 Å². The molecule has 2 amide bonds. The van der Waals surface area contributed by atoms with Gasteiger partial charge in [0.05, 0.1) is 22.9 Å². The summed E-state index contributed by atoms with van der Waals surface area (Å²) < 4.78 is 36.9. The van der Waals surface area contributed by atoms with Gasteiger partial charge in [0.2, 0.25) is 5.91 Å². The largest absolute Gasteiger partial charge is 0.341 e. The Morgan fingerprint density at radius 3 is 2.55 bits per heavy atom. The van der Waals surface area contributed by atoms with Gasteiger partial charge in [-0.2, -0.15) is 0 Å². The number of halogens is 1. The van der Waals surface area contributed by atoms with Crippen molar-refractivity contribution in [3.8, 4) is 0 Å². The number of thioether (sulfide) groups is 1. The Morgan fingerprint density at radius 2 is 1.91 bits per heavy atom. The van der Waals surface area contributed by atoms with Crippen molar-refractivity contribution in [1.29, 1.82) is 0 Å². The molecule has 2 aromatic carbocycles. The molecule has 10 heteroatoms. The molecule has 33 heavy (non-hydrogen) atoms. The lowest BCUT2D eigenvalue weighted by Gasteiger charge is -2.24. The van der Waals surface area contributed by atoms with Gasteiger partial charge in [0.25, 0.3) is 5.91 Å². The summed E-state index contributed by atoms with van der Waals surface area (Å²) >= 11 is 1.08. The van der Waals surface area contributed by atoms with Crippen LogP contribution in [0.1, 0.15) is 12.0 Å². The Balaban J connectivity index is 1.55. The average Bonchev–Trinajstić information content (AvgIpc) is 3.31. The number of carbonyl (C=O) groups excluding carboxylic acids is 2. The fourth-order valence-electron chi connectivity index (χ4n) is 3.63. The summed E-state index contributed by atoms with van der Waals surface area (Å²) in [4.78, 5) is 33.1. The minimum Gasteiger partial charge on any atom is -0.341 e. The molecular formula is C23H22FN3O4S2. The third-order valence-corrected chi connectivity index (χ3v) is 8.17. The molecule has 1 atom stereocenters. The van der Waals surface area contributed by atoms with E-state index in [4.69, 9.17) is 0 Å². The molecule has 2 aliphatic heterocycles. The molecule has 0 N–H and O–H groups in total. The zero-order valence-corrected chi connectivity index (χ0v) is 19.5. The molecule has 0 radical (unpaired) electrons. The van der Waals surface area contributed by atoms with Crippen LogP contribution in [-0.2, 0) is 19.4 Å². The van der Waals surface area contributed by atoms with Crippen molar-refractivity contribution in [2.24, 2.45) is 4.99 Å². The van der Waals surface area contributed by atoms with E-state index in [2.05, 4.69) is 4.99 Å². The molecular weight excluding hydrogens is 465 g/mol. The van der Waals surface area contributed by atoms with Crippen LogP contribution in [-0.4, -0.2) is 60.6 Å². The first kappa shape index (κ1) is 23.2. The fraction of sp³-hybridized carbons (Fsp3) is 0.261. The lowest BCUT2D eigenvalue weighted by Crippen LogP contribution is -2.39. The van der Waals surface area contributed by atoms with Crippen molar-refractivity contribution in [2.75, 3.05) is 29.2 Å². The SMILES string of the molecule is CN(C(=O)CSC1=N/C(=C/c2ccccc2)C(=O)N1c1ccc(F)cc1)[C@H]1CCS(=O)(=O)C1. The van der Waals surface area contributed by atoms with E-state index in [0.717, 1.165) is 17.3 Å². The highest BCUT2D eigenvalue weighted by Crippen LogP contribution is 2.30. The van der Waals surface area contributed by atoms with E-state index in [0.29, 0.717) is 17.3 Å². The number of benzene rings is 2. The van der Waals surface area contributed by atoms with Crippen molar-refractivity contribution >= 4 is 50.3 Å². The molecule has 1 saturated heterocycles. The summed E-state index contributed by atoms with van der Waals surface area (Å²) in [7, 11) is -1.52. The maximum Gasteiger partial charge on any atom is 0.283 e. The predicted octanol–water partition coefficient (Wildman–Crippen LogP) is 2.95. The number of hydrogen-bond donors (Lipinski definition) is 0. The maximum absolute atomic E-state index is 13.4. The monoisotopic (exact) mass is 487 g/mol. The van der Waals surface area contributed by atoms with Crippen LogP contribution in [0.2, 0.25) is 0 Å². The van der Waals surface area contributed by atoms with Crippen LogP contribution in [0.4, 0.5) is 10.1 Å². The van der Waals surface area contributed by atoms with Crippen LogP contribution in [0, 0.1) is 5.82 Å². The van der Waals surface area contributed by atoms with E-state index in [1.54, 1.807) is 13.1 Å². The molecule has 0 aromatic heterocycles. The Morgan fingerprint density at radius 1 is 1.21 bits per heavy atom. The molecule has 2 heterocycles. The number of hydrogen-bond acceptors (Lipinski definition) is 6. The molecule has 0 bridgehead atoms. The van der Waals surface area contributed by atoms with Crippen molar-refractivity contribution in [2.45, 2.75) is 12.5 Å². The van der Waals surface area contributed by atoms with Gasteiger partial charge in [-0.05, 0) is 42.3 Å². The number of nitrogens with zero attached hydrogens (tertiary/aromatic N) is 3. The van der Waals surface area contributed by atoms with Gasteiger partial charge in [-0.25, -0.2) is 17.8 Å². The molecule has 4 rings (SSSR count). The predicted molar refractivity (Wildman–Crippen MR) is 128 cm³/mol. The van der Waals surface area contributed by atoms with Gasteiger partial charge in [-0.15, -0.1) is 0 Å². The molecule has 2 aromatic rings. The Bertz CT molecular complexity index is 1230. The van der Waals surface area contributed by atoms with Gasteiger partial charge in [-0.1, -0.05) is 42.1 Å². The first-order chi connectivity index (χ1) is 15.7. The normalized spacial score (nSPS) is 20.8. The third-order valence-electron chi connectivity index (χ3n) is 5.49. The highest BCUT2D eigenvalue weighted by atomic mass is 32.2. The molecule has 7 nitrogen and oxygen atoms in total. The number of carbonyl (C=O) groups is 2.